The molecule has 1 atom stereocenters. The molecule has 1 saturated heterocycles. The SMILES string of the molecule is CCN1CCC(CN=C(NCCCOCCOC)Nc2ccc3c(c2)OCCCO3)C1. The highest BCUT2D eigenvalue weighted by atomic mass is 16.5. The van der Waals surface area contributed by atoms with Crippen molar-refractivity contribution in [1.82, 2.24) is 10.2 Å². The second-order valence-electron chi connectivity index (χ2n) is 7.96. The van der Waals surface area contributed by atoms with Crippen molar-refractivity contribution < 1.29 is 18.9 Å². The first-order valence-electron chi connectivity index (χ1n) is 11.5. The zero-order valence-electron chi connectivity index (χ0n) is 19.0. The first-order valence-corrected chi connectivity index (χ1v) is 11.5. The summed E-state index contributed by atoms with van der Waals surface area (Å²) >= 11 is 0. The van der Waals surface area contributed by atoms with Crippen molar-refractivity contribution in [1.29, 1.82) is 0 Å². The summed E-state index contributed by atoms with van der Waals surface area (Å²) in [5.41, 5.74) is 0.938. The number of hydrogen-bond donors (Lipinski definition) is 2. The lowest BCUT2D eigenvalue weighted by molar-refractivity contribution is 0.0699. The van der Waals surface area contributed by atoms with Crippen LogP contribution in [0, 0.1) is 5.92 Å². The summed E-state index contributed by atoms with van der Waals surface area (Å²) in [6.07, 6.45) is 3.01. The maximum Gasteiger partial charge on any atom is 0.195 e. The van der Waals surface area contributed by atoms with Gasteiger partial charge < -0.3 is 34.5 Å². The highest BCUT2D eigenvalue weighted by Crippen LogP contribution is 2.32. The number of methoxy groups -OCH3 is 1. The van der Waals surface area contributed by atoms with Gasteiger partial charge in [0.2, 0.25) is 0 Å². The number of fused-ring (bicyclic) bond motifs is 1. The number of ether oxygens (including phenoxy) is 4. The zero-order chi connectivity index (χ0) is 21.7. The van der Waals surface area contributed by atoms with Gasteiger partial charge in [-0.15, -0.1) is 0 Å². The van der Waals surface area contributed by atoms with Gasteiger partial charge >= 0.3 is 0 Å². The second-order valence-corrected chi connectivity index (χ2v) is 7.96. The van der Waals surface area contributed by atoms with Gasteiger partial charge in [0.05, 0.1) is 26.4 Å². The van der Waals surface area contributed by atoms with Crippen molar-refractivity contribution in [3.63, 3.8) is 0 Å². The largest absolute Gasteiger partial charge is 0.490 e. The van der Waals surface area contributed by atoms with E-state index in [4.69, 9.17) is 23.9 Å². The molecule has 8 nitrogen and oxygen atoms in total. The van der Waals surface area contributed by atoms with Gasteiger partial charge in [0.25, 0.3) is 0 Å². The van der Waals surface area contributed by atoms with Crippen LogP contribution in [0.15, 0.2) is 23.2 Å². The molecule has 0 amide bonds. The predicted molar refractivity (Wildman–Crippen MR) is 124 cm³/mol. The number of nitrogens with zero attached hydrogens (tertiary/aromatic N) is 2. The van der Waals surface area contributed by atoms with Crippen molar-refractivity contribution in [2.75, 3.05) is 78.2 Å². The topological polar surface area (TPSA) is 76.6 Å². The molecule has 0 bridgehead atoms. The standard InChI is InChI=1S/C23H38N4O4/c1-3-27-10-8-19(18-27)17-25-23(24-9-4-11-29-15-14-28-2)26-20-6-7-21-22(16-20)31-13-5-12-30-21/h6-7,16,19H,3-5,8-15,17-18H2,1-2H3,(H2,24,25,26). The van der Waals surface area contributed by atoms with Crippen LogP contribution in [0.4, 0.5) is 5.69 Å². The molecule has 1 fully saturated rings. The first kappa shape index (κ1) is 23.6. The van der Waals surface area contributed by atoms with Crippen molar-refractivity contribution in [2.45, 2.75) is 26.2 Å². The maximum absolute atomic E-state index is 5.82. The lowest BCUT2D eigenvalue weighted by atomic mass is 10.1. The van der Waals surface area contributed by atoms with E-state index in [1.807, 2.05) is 18.2 Å². The number of benzene rings is 1. The van der Waals surface area contributed by atoms with Gasteiger partial charge in [-0.1, -0.05) is 6.92 Å². The van der Waals surface area contributed by atoms with Crippen LogP contribution in [0.1, 0.15) is 26.2 Å². The number of rotatable bonds is 11. The van der Waals surface area contributed by atoms with E-state index in [0.29, 0.717) is 39.0 Å². The van der Waals surface area contributed by atoms with Crippen LogP contribution in [0.2, 0.25) is 0 Å². The Morgan fingerprint density at radius 3 is 2.87 bits per heavy atom. The molecule has 3 rings (SSSR count). The Morgan fingerprint density at radius 2 is 2.06 bits per heavy atom. The van der Waals surface area contributed by atoms with Gasteiger partial charge in [0.15, 0.2) is 17.5 Å². The van der Waals surface area contributed by atoms with Crippen LogP contribution < -0.4 is 20.1 Å². The fourth-order valence-electron chi connectivity index (χ4n) is 3.71. The Morgan fingerprint density at radius 1 is 1.19 bits per heavy atom. The van der Waals surface area contributed by atoms with Gasteiger partial charge in [-0.2, -0.15) is 0 Å². The van der Waals surface area contributed by atoms with E-state index in [1.54, 1.807) is 7.11 Å². The second kappa shape index (κ2) is 13.4. The minimum absolute atomic E-state index is 0.611. The predicted octanol–water partition coefficient (Wildman–Crippen LogP) is 2.60. The van der Waals surface area contributed by atoms with Crippen LogP contribution in [0.25, 0.3) is 0 Å². The Bertz CT molecular complexity index is 686. The summed E-state index contributed by atoms with van der Waals surface area (Å²) in [4.78, 5) is 7.37. The summed E-state index contributed by atoms with van der Waals surface area (Å²) in [7, 11) is 1.68. The third-order valence-corrected chi connectivity index (χ3v) is 5.52. The number of guanidine groups is 1. The molecule has 0 radical (unpaired) electrons. The molecule has 0 aromatic heterocycles. The third-order valence-electron chi connectivity index (χ3n) is 5.52. The smallest absolute Gasteiger partial charge is 0.195 e. The van der Waals surface area contributed by atoms with E-state index in [1.165, 1.54) is 13.0 Å². The van der Waals surface area contributed by atoms with E-state index in [-0.39, 0.29) is 0 Å². The van der Waals surface area contributed by atoms with Gasteiger partial charge in [0.1, 0.15) is 0 Å². The lowest BCUT2D eigenvalue weighted by Crippen LogP contribution is -2.33. The lowest BCUT2D eigenvalue weighted by Gasteiger charge is -2.16. The molecular formula is C23H38N4O4. The molecule has 8 heteroatoms. The maximum atomic E-state index is 5.82. The number of anilines is 1. The highest BCUT2D eigenvalue weighted by molar-refractivity contribution is 5.94. The van der Waals surface area contributed by atoms with E-state index < -0.39 is 0 Å². The molecular weight excluding hydrogens is 396 g/mol. The number of aliphatic imine (C=N–C) groups is 1. The normalized spacial score (nSPS) is 19.3. The van der Waals surface area contributed by atoms with Gasteiger partial charge in [-0.05, 0) is 44.0 Å². The Labute approximate surface area is 186 Å². The zero-order valence-corrected chi connectivity index (χ0v) is 19.0. The van der Waals surface area contributed by atoms with Crippen molar-refractivity contribution in [2.24, 2.45) is 10.9 Å². The van der Waals surface area contributed by atoms with E-state index >= 15 is 0 Å². The average Bonchev–Trinajstić information content (AvgIpc) is 3.13. The number of nitrogens with one attached hydrogen (secondary N) is 2. The first-order chi connectivity index (χ1) is 15.3. The molecule has 1 aromatic rings. The van der Waals surface area contributed by atoms with Gasteiger partial charge in [-0.25, -0.2) is 0 Å². The highest BCUT2D eigenvalue weighted by Gasteiger charge is 2.21. The molecule has 1 unspecified atom stereocenters. The quantitative estimate of drug-likeness (QED) is 0.315. The molecule has 0 spiro atoms. The summed E-state index contributed by atoms with van der Waals surface area (Å²) in [6.45, 7) is 10.6. The Balaban J connectivity index is 1.55. The van der Waals surface area contributed by atoms with Crippen molar-refractivity contribution in [3.8, 4) is 11.5 Å². The minimum Gasteiger partial charge on any atom is -0.490 e. The average molecular weight is 435 g/mol. The van der Waals surface area contributed by atoms with Gasteiger partial charge in [0, 0.05) is 51.5 Å². The fourth-order valence-corrected chi connectivity index (χ4v) is 3.71. The molecule has 1 aromatic carbocycles. The van der Waals surface area contributed by atoms with E-state index in [2.05, 4.69) is 22.5 Å². The summed E-state index contributed by atoms with van der Waals surface area (Å²) in [5.74, 6) is 2.98. The van der Waals surface area contributed by atoms with Crippen LogP contribution >= 0.6 is 0 Å². The minimum atomic E-state index is 0.611. The molecule has 0 saturated carbocycles. The van der Waals surface area contributed by atoms with Gasteiger partial charge in [-0.3, -0.25) is 4.99 Å². The summed E-state index contributed by atoms with van der Waals surface area (Å²) < 4.78 is 22.1. The third kappa shape index (κ3) is 8.20. The van der Waals surface area contributed by atoms with E-state index in [9.17, 15) is 0 Å². The van der Waals surface area contributed by atoms with Crippen molar-refractivity contribution >= 4 is 11.6 Å². The van der Waals surface area contributed by atoms with Crippen LogP contribution in [0.3, 0.4) is 0 Å². The van der Waals surface area contributed by atoms with E-state index in [0.717, 1.165) is 62.2 Å². The molecule has 174 valence electrons. The fraction of sp³-hybridized carbons (Fsp3) is 0.696. The Hall–Kier alpha value is -2.03. The molecule has 0 aliphatic carbocycles. The number of hydrogen-bond acceptors (Lipinski definition) is 6. The van der Waals surface area contributed by atoms with Crippen LogP contribution in [0.5, 0.6) is 11.5 Å². The summed E-state index contributed by atoms with van der Waals surface area (Å²) in [5, 5.41) is 6.88. The molecule has 2 aliphatic rings. The Kier molecular flexibility index (Phi) is 10.2. The summed E-state index contributed by atoms with van der Waals surface area (Å²) in [6, 6.07) is 5.95. The van der Waals surface area contributed by atoms with Crippen LogP contribution in [-0.4, -0.2) is 83.7 Å². The molecule has 31 heavy (non-hydrogen) atoms. The monoisotopic (exact) mass is 434 g/mol. The van der Waals surface area contributed by atoms with Crippen molar-refractivity contribution in [3.05, 3.63) is 18.2 Å². The number of likely N-dealkylation sites (tertiary alicyclic amines) is 1. The molecule has 2 N–H and O–H groups in total. The molecule has 2 aliphatic heterocycles. The molecule has 2 heterocycles. The van der Waals surface area contributed by atoms with Crippen LogP contribution in [-0.2, 0) is 9.47 Å².